The molecule has 0 radical (unpaired) electrons. The van der Waals surface area contributed by atoms with Crippen LogP contribution < -0.4 is 5.73 Å². The van der Waals surface area contributed by atoms with Crippen LogP contribution in [0.4, 0.5) is 0 Å². The van der Waals surface area contributed by atoms with E-state index in [1.165, 1.54) is 6.08 Å². The smallest absolute Gasteiger partial charge is 0.323 e. The Morgan fingerprint density at radius 1 is 1.28 bits per heavy atom. The van der Waals surface area contributed by atoms with Gasteiger partial charge in [0.25, 0.3) is 0 Å². The third-order valence-electron chi connectivity index (χ3n) is 3.58. The number of allylic oxidation sites excluding steroid dienone is 3. The molecular formula is C13H18N2O3. The molecular weight excluding hydrogens is 232 g/mol. The molecule has 18 heavy (non-hydrogen) atoms. The molecule has 1 saturated heterocycles. The van der Waals surface area contributed by atoms with Crippen LogP contribution in [0.1, 0.15) is 25.7 Å². The Labute approximate surface area is 106 Å². The fourth-order valence-electron chi connectivity index (χ4n) is 2.54. The van der Waals surface area contributed by atoms with Gasteiger partial charge in [-0.15, -0.1) is 0 Å². The lowest BCUT2D eigenvalue weighted by atomic mass is 9.78. The van der Waals surface area contributed by atoms with Crippen molar-refractivity contribution in [2.45, 2.75) is 25.7 Å². The van der Waals surface area contributed by atoms with Crippen molar-refractivity contribution >= 4 is 11.9 Å². The number of amides is 1. The van der Waals surface area contributed by atoms with E-state index in [1.54, 1.807) is 17.1 Å². The summed E-state index contributed by atoms with van der Waals surface area (Å²) in [6, 6.07) is 0. The number of hydrogen-bond acceptors (Lipinski definition) is 3. The van der Waals surface area contributed by atoms with Gasteiger partial charge >= 0.3 is 5.97 Å². The minimum atomic E-state index is -1.50. The van der Waals surface area contributed by atoms with Crippen molar-refractivity contribution in [1.82, 2.24) is 4.90 Å². The predicted octanol–water partition coefficient (Wildman–Crippen LogP) is 0.872. The second-order valence-electron chi connectivity index (χ2n) is 4.91. The van der Waals surface area contributed by atoms with Gasteiger partial charge < -0.3 is 15.7 Å². The Balaban J connectivity index is 2.25. The molecule has 2 aliphatic rings. The molecule has 0 aromatic carbocycles. The van der Waals surface area contributed by atoms with Gasteiger partial charge in [-0.05, 0) is 25.3 Å². The van der Waals surface area contributed by atoms with E-state index in [0.29, 0.717) is 18.8 Å². The average molecular weight is 250 g/mol. The summed E-state index contributed by atoms with van der Waals surface area (Å²) < 4.78 is 0. The number of rotatable bonds is 2. The first-order chi connectivity index (χ1) is 8.56. The van der Waals surface area contributed by atoms with Crippen LogP contribution in [-0.2, 0) is 9.59 Å². The largest absolute Gasteiger partial charge is 0.480 e. The van der Waals surface area contributed by atoms with Gasteiger partial charge in [0.05, 0.1) is 0 Å². The Kier molecular flexibility index (Phi) is 3.41. The first-order valence-corrected chi connectivity index (χ1v) is 6.23. The highest BCUT2D eigenvalue weighted by Gasteiger charge is 2.47. The van der Waals surface area contributed by atoms with Crippen LogP contribution in [-0.4, -0.2) is 35.0 Å². The second-order valence-corrected chi connectivity index (χ2v) is 4.91. The van der Waals surface area contributed by atoms with E-state index < -0.39 is 11.4 Å². The highest BCUT2D eigenvalue weighted by atomic mass is 16.4. The van der Waals surface area contributed by atoms with Gasteiger partial charge in [-0.1, -0.05) is 12.2 Å². The molecule has 1 aliphatic heterocycles. The first-order valence-electron chi connectivity index (χ1n) is 6.23. The number of nitrogens with two attached hydrogens (primary N) is 1. The third kappa shape index (κ3) is 2.12. The molecule has 0 bridgehead atoms. The number of carboxylic acid groups (broad SMARTS) is 1. The van der Waals surface area contributed by atoms with E-state index >= 15 is 0 Å². The molecule has 1 atom stereocenters. The van der Waals surface area contributed by atoms with E-state index in [9.17, 15) is 14.7 Å². The van der Waals surface area contributed by atoms with E-state index in [2.05, 4.69) is 0 Å². The van der Waals surface area contributed by atoms with E-state index in [1.807, 2.05) is 0 Å². The molecule has 1 aliphatic carbocycles. The number of nitrogens with zero attached hydrogens (tertiary/aromatic N) is 1. The molecule has 1 unspecified atom stereocenters. The molecule has 1 fully saturated rings. The monoisotopic (exact) mass is 250 g/mol. The lowest BCUT2D eigenvalue weighted by molar-refractivity contribution is -0.157. The fourth-order valence-corrected chi connectivity index (χ4v) is 2.54. The highest BCUT2D eigenvalue weighted by Crippen LogP contribution is 2.33. The summed E-state index contributed by atoms with van der Waals surface area (Å²) in [5.74, 6) is -1.45. The van der Waals surface area contributed by atoms with Crippen LogP contribution in [0.2, 0.25) is 0 Å². The summed E-state index contributed by atoms with van der Waals surface area (Å²) >= 11 is 0. The summed E-state index contributed by atoms with van der Waals surface area (Å²) in [5, 5.41) is 9.43. The van der Waals surface area contributed by atoms with Crippen molar-refractivity contribution in [3.8, 4) is 0 Å². The zero-order valence-corrected chi connectivity index (χ0v) is 10.3. The molecule has 98 valence electrons. The molecule has 0 spiro atoms. The first kappa shape index (κ1) is 12.7. The van der Waals surface area contributed by atoms with E-state index in [0.717, 1.165) is 19.3 Å². The van der Waals surface area contributed by atoms with Crippen LogP contribution in [0, 0.1) is 5.41 Å². The lowest BCUT2D eigenvalue weighted by Gasteiger charge is -2.35. The third-order valence-corrected chi connectivity index (χ3v) is 3.58. The topological polar surface area (TPSA) is 83.6 Å². The highest BCUT2D eigenvalue weighted by molar-refractivity contribution is 6.04. The average Bonchev–Trinajstić information content (AvgIpc) is 2.38. The molecule has 5 heteroatoms. The lowest BCUT2D eigenvalue weighted by Crippen LogP contribution is -2.50. The zero-order valence-electron chi connectivity index (χ0n) is 10.3. The maximum Gasteiger partial charge on any atom is 0.323 e. The van der Waals surface area contributed by atoms with Crippen molar-refractivity contribution in [3.05, 3.63) is 23.9 Å². The summed E-state index contributed by atoms with van der Waals surface area (Å²) in [6.45, 7) is 1.29. The molecule has 2 rings (SSSR count). The molecule has 3 N–H and O–H groups in total. The SMILES string of the molecule is NC1=CC=CC(C(=O)O)(C(=O)N2CCCCC2)C1. The maximum atomic E-state index is 12.5. The van der Waals surface area contributed by atoms with E-state index in [4.69, 9.17) is 5.73 Å². The van der Waals surface area contributed by atoms with Crippen molar-refractivity contribution < 1.29 is 14.7 Å². The normalized spacial score (nSPS) is 27.8. The molecule has 1 amide bonds. The van der Waals surface area contributed by atoms with Crippen molar-refractivity contribution in [2.24, 2.45) is 11.1 Å². The molecule has 5 nitrogen and oxygen atoms in total. The van der Waals surface area contributed by atoms with Gasteiger partial charge in [-0.3, -0.25) is 9.59 Å². The Morgan fingerprint density at radius 3 is 2.50 bits per heavy atom. The van der Waals surface area contributed by atoms with Gasteiger partial charge in [0.1, 0.15) is 0 Å². The minimum absolute atomic E-state index is 0.0637. The van der Waals surface area contributed by atoms with Gasteiger partial charge in [0.2, 0.25) is 5.91 Å². The predicted molar refractivity (Wildman–Crippen MR) is 66.5 cm³/mol. The second kappa shape index (κ2) is 4.84. The minimum Gasteiger partial charge on any atom is -0.480 e. The quantitative estimate of drug-likeness (QED) is 0.712. The summed E-state index contributed by atoms with van der Waals surface area (Å²) in [6.07, 6.45) is 7.71. The van der Waals surface area contributed by atoms with Gasteiger partial charge in [0, 0.05) is 25.2 Å². The number of likely N-dealkylation sites (tertiary alicyclic amines) is 1. The zero-order chi connectivity index (χ0) is 13.2. The van der Waals surface area contributed by atoms with Crippen LogP contribution in [0.3, 0.4) is 0 Å². The number of aliphatic carboxylic acids is 1. The van der Waals surface area contributed by atoms with Crippen LogP contribution >= 0.6 is 0 Å². The van der Waals surface area contributed by atoms with Crippen molar-refractivity contribution in [2.75, 3.05) is 13.1 Å². The fraction of sp³-hybridized carbons (Fsp3) is 0.538. The number of hydrogen-bond donors (Lipinski definition) is 2. The summed E-state index contributed by atoms with van der Waals surface area (Å²) in [7, 11) is 0. The number of carboxylic acids is 1. The van der Waals surface area contributed by atoms with Gasteiger partial charge in [-0.25, -0.2) is 0 Å². The molecule has 0 saturated carbocycles. The Hall–Kier alpha value is -1.78. The van der Waals surface area contributed by atoms with Crippen LogP contribution in [0.5, 0.6) is 0 Å². The molecule has 1 heterocycles. The van der Waals surface area contributed by atoms with Gasteiger partial charge in [-0.2, -0.15) is 0 Å². The van der Waals surface area contributed by atoms with Crippen molar-refractivity contribution in [3.63, 3.8) is 0 Å². The Morgan fingerprint density at radius 2 is 1.94 bits per heavy atom. The number of carbonyl (C=O) groups excluding carboxylic acids is 1. The molecule has 0 aromatic rings. The molecule has 0 aromatic heterocycles. The Bertz CT molecular complexity index is 422. The van der Waals surface area contributed by atoms with Gasteiger partial charge in [0.15, 0.2) is 5.41 Å². The maximum absolute atomic E-state index is 12.5. The van der Waals surface area contributed by atoms with Crippen LogP contribution in [0.15, 0.2) is 23.9 Å². The number of piperidine rings is 1. The van der Waals surface area contributed by atoms with E-state index in [-0.39, 0.29) is 12.3 Å². The standard InChI is InChI=1S/C13H18N2O3/c14-10-5-4-6-13(9-10,12(17)18)11(16)15-7-2-1-3-8-15/h4-6H,1-3,7-9,14H2,(H,17,18). The summed E-state index contributed by atoms with van der Waals surface area (Å²) in [4.78, 5) is 25.7. The number of carbonyl (C=O) groups is 2. The van der Waals surface area contributed by atoms with Crippen LogP contribution in [0.25, 0.3) is 0 Å². The van der Waals surface area contributed by atoms with Crippen molar-refractivity contribution in [1.29, 1.82) is 0 Å². The summed E-state index contributed by atoms with van der Waals surface area (Å²) in [5.41, 5.74) is 4.62.